The molecule has 0 aromatic rings. The summed E-state index contributed by atoms with van der Waals surface area (Å²) in [6.07, 6.45) is 9.64. The van der Waals surface area contributed by atoms with Crippen LogP contribution in [0, 0.1) is 11.8 Å². The molecule has 0 spiro atoms. The van der Waals surface area contributed by atoms with Gasteiger partial charge in [0.2, 0.25) is 0 Å². The van der Waals surface area contributed by atoms with Crippen LogP contribution in [-0.4, -0.2) is 12.1 Å². The molecule has 0 radical (unpaired) electrons. The molecular weight excluding hydrogens is 194 g/mol. The van der Waals surface area contributed by atoms with Crippen molar-refractivity contribution in [1.82, 2.24) is 5.32 Å². The van der Waals surface area contributed by atoms with Crippen LogP contribution >= 0.6 is 0 Å². The first-order valence-corrected chi connectivity index (χ1v) is 7.41. The van der Waals surface area contributed by atoms with E-state index in [1.54, 1.807) is 0 Å². The fourth-order valence-electron chi connectivity index (χ4n) is 2.92. The predicted octanol–water partition coefficient (Wildman–Crippen LogP) is 4.37. The van der Waals surface area contributed by atoms with Gasteiger partial charge < -0.3 is 5.32 Å². The normalized spacial score (nSPS) is 30.0. The summed E-state index contributed by atoms with van der Waals surface area (Å²) in [6, 6.07) is 1.56. The van der Waals surface area contributed by atoms with Gasteiger partial charge in [0.25, 0.3) is 0 Å². The van der Waals surface area contributed by atoms with Gasteiger partial charge in [-0.2, -0.15) is 0 Å². The van der Waals surface area contributed by atoms with Crippen molar-refractivity contribution in [3.05, 3.63) is 0 Å². The molecule has 0 bridgehead atoms. The van der Waals surface area contributed by atoms with Crippen LogP contribution < -0.4 is 5.32 Å². The average molecular weight is 225 g/mol. The van der Waals surface area contributed by atoms with Gasteiger partial charge in [-0.1, -0.05) is 47.0 Å². The van der Waals surface area contributed by atoms with E-state index in [4.69, 9.17) is 0 Å². The Kier molecular flexibility index (Phi) is 6.41. The minimum absolute atomic E-state index is 0.755. The van der Waals surface area contributed by atoms with Gasteiger partial charge >= 0.3 is 0 Å². The maximum absolute atomic E-state index is 3.90. The number of hydrogen-bond donors (Lipinski definition) is 1. The molecule has 0 heterocycles. The molecule has 1 rings (SSSR count). The highest BCUT2D eigenvalue weighted by molar-refractivity contribution is 4.80. The Labute approximate surface area is 102 Å². The molecule has 0 aliphatic heterocycles. The Bertz CT molecular complexity index is 178. The third-order valence-electron chi connectivity index (χ3n) is 4.28. The second kappa shape index (κ2) is 7.32. The second-order valence-electron chi connectivity index (χ2n) is 5.99. The Morgan fingerprint density at radius 3 is 2.50 bits per heavy atom. The number of rotatable bonds is 6. The summed E-state index contributed by atoms with van der Waals surface area (Å²) in [6.45, 7) is 9.42. The molecule has 16 heavy (non-hydrogen) atoms. The monoisotopic (exact) mass is 225 g/mol. The smallest absolute Gasteiger partial charge is 0.00721 e. The van der Waals surface area contributed by atoms with Gasteiger partial charge in [-0.15, -0.1) is 0 Å². The van der Waals surface area contributed by atoms with Crippen molar-refractivity contribution >= 4 is 0 Å². The molecule has 0 aromatic heterocycles. The van der Waals surface area contributed by atoms with E-state index in [1.807, 2.05) is 0 Å². The van der Waals surface area contributed by atoms with Crippen LogP contribution in [0.2, 0.25) is 0 Å². The summed E-state index contributed by atoms with van der Waals surface area (Å²) in [7, 11) is 0. The summed E-state index contributed by atoms with van der Waals surface area (Å²) < 4.78 is 0. The lowest BCUT2D eigenvalue weighted by molar-refractivity contribution is 0.260. The van der Waals surface area contributed by atoms with Gasteiger partial charge in [-0.05, 0) is 37.5 Å². The molecule has 96 valence electrons. The fourth-order valence-corrected chi connectivity index (χ4v) is 2.92. The van der Waals surface area contributed by atoms with Crippen LogP contribution in [0.25, 0.3) is 0 Å². The van der Waals surface area contributed by atoms with E-state index in [2.05, 4.69) is 33.0 Å². The van der Waals surface area contributed by atoms with Crippen LogP contribution in [-0.2, 0) is 0 Å². The van der Waals surface area contributed by atoms with Crippen molar-refractivity contribution < 1.29 is 0 Å². The van der Waals surface area contributed by atoms with E-state index in [-0.39, 0.29) is 0 Å². The minimum Gasteiger partial charge on any atom is -0.311 e. The maximum Gasteiger partial charge on any atom is 0.00721 e. The second-order valence-corrected chi connectivity index (χ2v) is 5.99. The summed E-state index contributed by atoms with van der Waals surface area (Å²) in [5.41, 5.74) is 0. The van der Waals surface area contributed by atoms with Gasteiger partial charge in [0.05, 0.1) is 0 Å². The van der Waals surface area contributed by atoms with E-state index in [0.717, 1.165) is 23.9 Å². The Balaban J connectivity index is 2.31. The lowest BCUT2D eigenvalue weighted by atomic mass is 9.86. The van der Waals surface area contributed by atoms with E-state index >= 15 is 0 Å². The zero-order chi connectivity index (χ0) is 12.0. The third-order valence-corrected chi connectivity index (χ3v) is 4.28. The first kappa shape index (κ1) is 14.0. The van der Waals surface area contributed by atoms with Crippen LogP contribution in [0.5, 0.6) is 0 Å². The molecule has 0 aromatic carbocycles. The number of nitrogens with one attached hydrogen (secondary N) is 1. The van der Waals surface area contributed by atoms with Crippen molar-refractivity contribution in [2.75, 3.05) is 0 Å². The summed E-state index contributed by atoms with van der Waals surface area (Å²) >= 11 is 0. The van der Waals surface area contributed by atoms with Crippen molar-refractivity contribution in [3.63, 3.8) is 0 Å². The number of hydrogen-bond acceptors (Lipinski definition) is 1. The zero-order valence-corrected chi connectivity index (χ0v) is 11.8. The van der Waals surface area contributed by atoms with Crippen LogP contribution in [0.4, 0.5) is 0 Å². The fraction of sp³-hybridized carbons (Fsp3) is 1.00. The molecule has 1 heteroatoms. The topological polar surface area (TPSA) is 12.0 Å². The Morgan fingerprint density at radius 1 is 1.19 bits per heavy atom. The molecular formula is C15H31N. The molecule has 0 saturated heterocycles. The van der Waals surface area contributed by atoms with Crippen LogP contribution in [0.1, 0.15) is 72.6 Å². The molecule has 1 saturated carbocycles. The van der Waals surface area contributed by atoms with Gasteiger partial charge in [0, 0.05) is 12.1 Å². The molecule has 1 fully saturated rings. The highest BCUT2D eigenvalue weighted by Gasteiger charge is 2.21. The maximum atomic E-state index is 3.90. The van der Waals surface area contributed by atoms with Crippen LogP contribution in [0.15, 0.2) is 0 Å². The largest absolute Gasteiger partial charge is 0.311 e. The SMILES string of the molecule is CCC(C)CC(CC)NC1CCCC(C)C1. The van der Waals surface area contributed by atoms with Gasteiger partial charge in [0.15, 0.2) is 0 Å². The zero-order valence-electron chi connectivity index (χ0n) is 11.8. The van der Waals surface area contributed by atoms with Crippen molar-refractivity contribution in [3.8, 4) is 0 Å². The Morgan fingerprint density at radius 2 is 1.94 bits per heavy atom. The molecule has 4 unspecified atom stereocenters. The molecule has 1 nitrogen and oxygen atoms in total. The van der Waals surface area contributed by atoms with E-state index < -0.39 is 0 Å². The van der Waals surface area contributed by atoms with E-state index in [9.17, 15) is 0 Å². The minimum atomic E-state index is 0.755. The van der Waals surface area contributed by atoms with E-state index in [1.165, 1.54) is 44.9 Å². The summed E-state index contributed by atoms with van der Waals surface area (Å²) in [4.78, 5) is 0. The quantitative estimate of drug-likeness (QED) is 0.708. The van der Waals surface area contributed by atoms with Crippen molar-refractivity contribution in [2.45, 2.75) is 84.7 Å². The lowest BCUT2D eigenvalue weighted by Gasteiger charge is -2.32. The van der Waals surface area contributed by atoms with E-state index in [0.29, 0.717) is 0 Å². The average Bonchev–Trinajstić information content (AvgIpc) is 2.28. The Hall–Kier alpha value is -0.0400. The highest BCUT2D eigenvalue weighted by Crippen LogP contribution is 2.24. The summed E-state index contributed by atoms with van der Waals surface area (Å²) in [5, 5.41) is 3.90. The summed E-state index contributed by atoms with van der Waals surface area (Å²) in [5.74, 6) is 1.81. The lowest BCUT2D eigenvalue weighted by Crippen LogP contribution is -2.41. The molecule has 1 aliphatic carbocycles. The first-order chi connectivity index (χ1) is 7.65. The van der Waals surface area contributed by atoms with Crippen molar-refractivity contribution in [1.29, 1.82) is 0 Å². The predicted molar refractivity (Wildman–Crippen MR) is 72.7 cm³/mol. The van der Waals surface area contributed by atoms with Crippen molar-refractivity contribution in [2.24, 2.45) is 11.8 Å². The molecule has 4 atom stereocenters. The highest BCUT2D eigenvalue weighted by atomic mass is 14.9. The molecule has 1 aliphatic rings. The third kappa shape index (κ3) is 4.86. The first-order valence-electron chi connectivity index (χ1n) is 7.41. The van der Waals surface area contributed by atoms with Gasteiger partial charge in [0.1, 0.15) is 0 Å². The van der Waals surface area contributed by atoms with Gasteiger partial charge in [-0.25, -0.2) is 0 Å². The molecule has 0 amide bonds. The van der Waals surface area contributed by atoms with Crippen LogP contribution in [0.3, 0.4) is 0 Å². The molecule has 1 N–H and O–H groups in total. The standard InChI is InChI=1S/C15H31N/c1-5-12(3)10-14(6-2)16-15-9-7-8-13(4)11-15/h12-16H,5-11H2,1-4H3. The van der Waals surface area contributed by atoms with Gasteiger partial charge in [-0.3, -0.25) is 0 Å².